The van der Waals surface area contributed by atoms with Crippen molar-refractivity contribution in [2.75, 3.05) is 13.1 Å². The van der Waals surface area contributed by atoms with E-state index < -0.39 is 6.10 Å². The Labute approximate surface area is 207 Å². The molecule has 0 bridgehead atoms. The summed E-state index contributed by atoms with van der Waals surface area (Å²) in [6.45, 7) is 4.68. The summed E-state index contributed by atoms with van der Waals surface area (Å²) in [6.07, 6.45) is 4.26. The maximum Gasteiger partial charge on any atom is 0.251 e. The molecule has 9 heteroatoms. The zero-order chi connectivity index (χ0) is 24.8. The number of hydrogen-bond acceptors (Lipinski definition) is 6. The van der Waals surface area contributed by atoms with Gasteiger partial charge in [0.05, 0.1) is 28.7 Å². The first-order valence-corrected chi connectivity index (χ1v) is 12.2. The zero-order valence-electron chi connectivity index (χ0n) is 20.2. The van der Waals surface area contributed by atoms with Gasteiger partial charge in [0.2, 0.25) is 0 Å². The number of aromatic nitrogens is 6. The summed E-state index contributed by atoms with van der Waals surface area (Å²) in [5, 5.41) is 22.9. The minimum atomic E-state index is -0.977. The number of hydrogen-bond donors (Lipinski definition) is 2. The van der Waals surface area contributed by atoms with Crippen molar-refractivity contribution >= 4 is 22.6 Å². The van der Waals surface area contributed by atoms with Crippen LogP contribution in [0.15, 0.2) is 54.9 Å². The summed E-state index contributed by atoms with van der Waals surface area (Å²) in [5.74, 6) is -0.0424. The molecule has 182 valence electrons. The standard InChI is InChI=1S/C27H27N7O2/c1-16-23-24(19-10-12-33(13-11-19)27(36)17(2)35)30-25-21(15-29-34(25)26(23)32-31-16)20-8-9-22(28-14-20)18-6-4-3-5-7-18/h3-9,14-15,17,19,35H,10-13H2,1-2H3,(H,31,32)/t17-/m1/s1. The van der Waals surface area contributed by atoms with Gasteiger partial charge in [-0.3, -0.25) is 14.9 Å². The second-order valence-corrected chi connectivity index (χ2v) is 9.40. The molecule has 9 nitrogen and oxygen atoms in total. The maximum atomic E-state index is 12.3. The summed E-state index contributed by atoms with van der Waals surface area (Å²) >= 11 is 0. The number of aryl methyl sites for hydroxylation is 1. The average molecular weight is 482 g/mol. The maximum absolute atomic E-state index is 12.3. The SMILES string of the molecule is Cc1n[nH]c2c1c(C1CCN(C(=O)[C@@H](C)O)CC1)nc1c(-c3ccc(-c4ccccc4)nc3)cnn12. The number of H-pyrrole nitrogens is 1. The van der Waals surface area contributed by atoms with Gasteiger partial charge in [0.15, 0.2) is 11.3 Å². The number of amides is 1. The fourth-order valence-electron chi connectivity index (χ4n) is 5.13. The van der Waals surface area contributed by atoms with Crippen LogP contribution in [-0.4, -0.2) is 64.9 Å². The number of fused-ring (bicyclic) bond motifs is 3. The highest BCUT2D eigenvalue weighted by atomic mass is 16.3. The summed E-state index contributed by atoms with van der Waals surface area (Å²) < 4.78 is 1.81. The van der Waals surface area contributed by atoms with Gasteiger partial charge in [-0.1, -0.05) is 36.4 Å². The van der Waals surface area contributed by atoms with Crippen LogP contribution in [0, 0.1) is 6.92 Å². The van der Waals surface area contributed by atoms with Gasteiger partial charge in [-0.05, 0) is 32.8 Å². The molecule has 1 aliphatic rings. The summed E-state index contributed by atoms with van der Waals surface area (Å²) in [6, 6.07) is 14.2. The van der Waals surface area contributed by atoms with Gasteiger partial charge in [-0.2, -0.15) is 14.7 Å². The number of aliphatic hydroxyl groups is 1. The molecule has 5 heterocycles. The number of rotatable bonds is 4. The van der Waals surface area contributed by atoms with Crippen molar-refractivity contribution in [3.63, 3.8) is 0 Å². The van der Waals surface area contributed by atoms with Gasteiger partial charge in [0.25, 0.3) is 5.91 Å². The second kappa shape index (κ2) is 8.83. The lowest BCUT2D eigenvalue weighted by atomic mass is 9.91. The van der Waals surface area contributed by atoms with Crippen LogP contribution < -0.4 is 0 Å². The van der Waals surface area contributed by atoms with Crippen LogP contribution in [-0.2, 0) is 4.79 Å². The van der Waals surface area contributed by atoms with Crippen LogP contribution in [0.2, 0.25) is 0 Å². The van der Waals surface area contributed by atoms with Crippen LogP contribution in [0.1, 0.15) is 37.1 Å². The van der Waals surface area contributed by atoms with Gasteiger partial charge in [-0.25, -0.2) is 4.98 Å². The van der Waals surface area contributed by atoms with Crippen LogP contribution in [0.3, 0.4) is 0 Å². The van der Waals surface area contributed by atoms with Crippen molar-refractivity contribution in [1.82, 2.24) is 34.7 Å². The number of aliphatic hydroxyl groups excluding tert-OH is 1. The van der Waals surface area contributed by atoms with Crippen molar-refractivity contribution in [3.05, 3.63) is 66.2 Å². The van der Waals surface area contributed by atoms with E-state index in [0.717, 1.165) is 63.3 Å². The number of aromatic amines is 1. The van der Waals surface area contributed by atoms with Crippen molar-refractivity contribution in [2.45, 2.75) is 38.7 Å². The smallest absolute Gasteiger partial charge is 0.251 e. The third kappa shape index (κ3) is 3.72. The van der Waals surface area contributed by atoms with E-state index in [2.05, 4.69) is 26.3 Å². The lowest BCUT2D eigenvalue weighted by Gasteiger charge is -2.32. The highest BCUT2D eigenvalue weighted by Crippen LogP contribution is 2.35. The lowest BCUT2D eigenvalue weighted by Crippen LogP contribution is -2.42. The molecule has 0 aliphatic carbocycles. The second-order valence-electron chi connectivity index (χ2n) is 9.40. The predicted molar refractivity (Wildman–Crippen MR) is 136 cm³/mol. The van der Waals surface area contributed by atoms with Crippen LogP contribution >= 0.6 is 0 Å². The Kier molecular flexibility index (Phi) is 5.49. The Hall–Kier alpha value is -4.11. The number of nitrogens with one attached hydrogen (secondary N) is 1. The van der Waals surface area contributed by atoms with Gasteiger partial charge >= 0.3 is 0 Å². The van der Waals surface area contributed by atoms with Gasteiger partial charge in [0, 0.05) is 41.9 Å². The monoisotopic (exact) mass is 481 g/mol. The van der Waals surface area contributed by atoms with Crippen molar-refractivity contribution in [3.8, 4) is 22.4 Å². The molecule has 1 fully saturated rings. The summed E-state index contributed by atoms with van der Waals surface area (Å²) in [4.78, 5) is 23.8. The van der Waals surface area contributed by atoms with E-state index in [4.69, 9.17) is 4.98 Å². The minimum Gasteiger partial charge on any atom is -0.384 e. The Balaban J connectivity index is 1.39. The number of pyridine rings is 1. The summed E-state index contributed by atoms with van der Waals surface area (Å²) in [7, 11) is 0. The van der Waals surface area contributed by atoms with Gasteiger partial charge < -0.3 is 10.0 Å². The first-order chi connectivity index (χ1) is 17.5. The highest BCUT2D eigenvalue weighted by Gasteiger charge is 2.29. The molecule has 6 rings (SSSR count). The van der Waals surface area contributed by atoms with Crippen LogP contribution in [0.25, 0.3) is 39.1 Å². The van der Waals surface area contributed by atoms with Crippen LogP contribution in [0.4, 0.5) is 0 Å². The molecule has 1 atom stereocenters. The first kappa shape index (κ1) is 22.4. The van der Waals surface area contributed by atoms with E-state index in [1.54, 1.807) is 4.90 Å². The third-order valence-electron chi connectivity index (χ3n) is 7.06. The normalized spacial score (nSPS) is 15.6. The molecule has 4 aromatic heterocycles. The molecule has 0 radical (unpaired) electrons. The third-order valence-corrected chi connectivity index (χ3v) is 7.06. The summed E-state index contributed by atoms with van der Waals surface area (Å²) in [5.41, 5.74) is 7.24. The fraction of sp³-hybridized carbons (Fsp3) is 0.296. The average Bonchev–Trinajstić information content (AvgIpc) is 3.52. The van der Waals surface area contributed by atoms with Crippen LogP contribution in [0.5, 0.6) is 0 Å². The van der Waals surface area contributed by atoms with Crippen molar-refractivity contribution in [2.24, 2.45) is 0 Å². The van der Waals surface area contributed by atoms with E-state index in [1.165, 1.54) is 6.92 Å². The molecule has 36 heavy (non-hydrogen) atoms. The molecule has 1 saturated heterocycles. The number of likely N-dealkylation sites (tertiary alicyclic amines) is 1. The van der Waals surface area contributed by atoms with E-state index in [9.17, 15) is 9.90 Å². The quantitative estimate of drug-likeness (QED) is 0.405. The first-order valence-electron chi connectivity index (χ1n) is 12.2. The Bertz CT molecular complexity index is 1550. The van der Waals surface area contributed by atoms with E-state index >= 15 is 0 Å². The highest BCUT2D eigenvalue weighted by molar-refractivity contribution is 5.87. The van der Waals surface area contributed by atoms with E-state index in [0.29, 0.717) is 13.1 Å². The predicted octanol–water partition coefficient (Wildman–Crippen LogP) is 3.73. The molecular weight excluding hydrogens is 454 g/mol. The zero-order valence-corrected chi connectivity index (χ0v) is 20.2. The molecule has 5 aromatic rings. The minimum absolute atomic E-state index is 0.174. The Morgan fingerprint density at radius 1 is 1.08 bits per heavy atom. The molecule has 1 aliphatic heterocycles. The van der Waals surface area contributed by atoms with Crippen molar-refractivity contribution < 1.29 is 9.90 Å². The number of piperidine rings is 1. The lowest BCUT2D eigenvalue weighted by molar-refractivity contribution is -0.140. The molecule has 2 N–H and O–H groups in total. The van der Waals surface area contributed by atoms with E-state index in [1.807, 2.05) is 60.2 Å². The van der Waals surface area contributed by atoms with Gasteiger partial charge in [0.1, 0.15) is 6.10 Å². The molecule has 0 unspecified atom stereocenters. The van der Waals surface area contributed by atoms with E-state index in [-0.39, 0.29) is 11.8 Å². The number of carbonyl (C=O) groups excluding carboxylic acids is 1. The fourth-order valence-corrected chi connectivity index (χ4v) is 5.13. The molecule has 1 amide bonds. The molecule has 0 saturated carbocycles. The largest absolute Gasteiger partial charge is 0.384 e. The number of nitrogens with zero attached hydrogens (tertiary/aromatic N) is 6. The number of benzene rings is 1. The Morgan fingerprint density at radius 3 is 2.56 bits per heavy atom. The van der Waals surface area contributed by atoms with Gasteiger partial charge in [-0.15, -0.1) is 0 Å². The number of carbonyl (C=O) groups is 1. The Morgan fingerprint density at radius 2 is 1.86 bits per heavy atom. The molecule has 1 aromatic carbocycles. The topological polar surface area (TPSA) is 112 Å². The van der Waals surface area contributed by atoms with Crippen molar-refractivity contribution in [1.29, 1.82) is 0 Å². The molecule has 0 spiro atoms. The molecular formula is C27H27N7O2.